The Hall–Kier alpha value is -2.65. The monoisotopic (exact) mass is 286 g/mol. The van der Waals surface area contributed by atoms with Crippen molar-refractivity contribution in [3.63, 3.8) is 0 Å². The average Bonchev–Trinajstić information content (AvgIpc) is 2.44. The molecule has 0 unspecified atom stereocenters. The number of hydrogen-bond acceptors (Lipinski definition) is 4. The Labute approximate surface area is 121 Å². The third kappa shape index (κ3) is 3.46. The number of carbonyl (C=O) groups is 3. The first-order valence-corrected chi connectivity index (χ1v) is 6.33. The lowest BCUT2D eigenvalue weighted by Gasteiger charge is -2.25. The van der Waals surface area contributed by atoms with Gasteiger partial charge in [-0.3, -0.25) is 19.7 Å². The van der Waals surface area contributed by atoms with Crippen LogP contribution in [0.1, 0.15) is 21.5 Å². The molecule has 1 aromatic rings. The summed E-state index contributed by atoms with van der Waals surface area (Å²) in [5.41, 5.74) is 1.90. The summed E-state index contributed by atoms with van der Waals surface area (Å²) in [5, 5.41) is 10.8. The van der Waals surface area contributed by atoms with Crippen LogP contribution in [-0.2, 0) is 9.59 Å². The molecule has 1 aliphatic rings. The van der Waals surface area contributed by atoms with E-state index in [9.17, 15) is 14.4 Å². The van der Waals surface area contributed by atoms with Gasteiger partial charge in [0.15, 0.2) is 0 Å². The van der Waals surface area contributed by atoms with Crippen molar-refractivity contribution in [3.8, 4) is 11.8 Å². The summed E-state index contributed by atoms with van der Waals surface area (Å²) in [6.07, 6.45) is 0. The Balaban J connectivity index is 2.21. The first kappa shape index (κ1) is 14.8. The van der Waals surface area contributed by atoms with Crippen LogP contribution in [0.2, 0.25) is 0 Å². The molecule has 1 aliphatic heterocycles. The maximum absolute atomic E-state index is 12.3. The third-order valence-electron chi connectivity index (χ3n) is 3.01. The van der Waals surface area contributed by atoms with E-state index in [4.69, 9.17) is 5.11 Å². The van der Waals surface area contributed by atoms with E-state index in [1.807, 2.05) is 0 Å². The summed E-state index contributed by atoms with van der Waals surface area (Å²) in [5.74, 6) is 3.98. The molecule has 1 aromatic carbocycles. The van der Waals surface area contributed by atoms with E-state index in [2.05, 4.69) is 17.2 Å². The SMILES string of the molecule is Cc1cc(C(=O)N2CC(=O)NC(=O)C2)ccc1C#CCO. The van der Waals surface area contributed by atoms with Crippen LogP contribution in [0.5, 0.6) is 0 Å². The van der Waals surface area contributed by atoms with Crippen molar-refractivity contribution in [1.82, 2.24) is 10.2 Å². The Morgan fingerprint density at radius 3 is 2.57 bits per heavy atom. The minimum absolute atomic E-state index is 0.129. The fourth-order valence-corrected chi connectivity index (χ4v) is 2.04. The molecule has 6 heteroatoms. The fourth-order valence-electron chi connectivity index (χ4n) is 2.04. The highest BCUT2D eigenvalue weighted by atomic mass is 16.2. The van der Waals surface area contributed by atoms with E-state index in [0.717, 1.165) is 5.56 Å². The van der Waals surface area contributed by atoms with E-state index in [0.29, 0.717) is 11.1 Å². The maximum Gasteiger partial charge on any atom is 0.254 e. The zero-order chi connectivity index (χ0) is 15.4. The number of carbonyl (C=O) groups excluding carboxylic acids is 3. The Morgan fingerprint density at radius 1 is 1.33 bits per heavy atom. The molecular weight excluding hydrogens is 272 g/mol. The number of aliphatic hydroxyl groups excluding tert-OH is 1. The predicted octanol–water partition coefficient (Wildman–Crippen LogP) is -0.563. The fraction of sp³-hybridized carbons (Fsp3) is 0.267. The average molecular weight is 286 g/mol. The Bertz CT molecular complexity index is 654. The molecule has 0 spiro atoms. The highest BCUT2D eigenvalue weighted by molar-refractivity contribution is 6.05. The molecule has 0 aliphatic carbocycles. The first-order chi connectivity index (χ1) is 10.0. The molecule has 21 heavy (non-hydrogen) atoms. The van der Waals surface area contributed by atoms with Crippen molar-refractivity contribution in [2.75, 3.05) is 19.7 Å². The van der Waals surface area contributed by atoms with Gasteiger partial charge in [0.2, 0.25) is 11.8 Å². The standard InChI is InChI=1S/C15H14N2O4/c1-10-7-12(5-4-11(10)3-2-6-18)15(21)17-8-13(19)16-14(20)9-17/h4-5,7,18H,6,8-9H2,1H3,(H,16,19,20). The number of benzene rings is 1. The molecule has 0 atom stereocenters. The maximum atomic E-state index is 12.3. The zero-order valence-corrected chi connectivity index (χ0v) is 11.5. The second-order valence-electron chi connectivity index (χ2n) is 4.62. The van der Waals surface area contributed by atoms with Crippen LogP contribution < -0.4 is 5.32 Å². The summed E-state index contributed by atoms with van der Waals surface area (Å²) in [4.78, 5) is 36.1. The highest BCUT2D eigenvalue weighted by Crippen LogP contribution is 2.13. The van der Waals surface area contributed by atoms with Crippen LogP contribution in [-0.4, -0.2) is 47.4 Å². The van der Waals surface area contributed by atoms with Crippen molar-refractivity contribution in [1.29, 1.82) is 0 Å². The van der Waals surface area contributed by atoms with Crippen molar-refractivity contribution in [3.05, 3.63) is 34.9 Å². The topological polar surface area (TPSA) is 86.7 Å². The number of amides is 3. The van der Waals surface area contributed by atoms with Gasteiger partial charge < -0.3 is 10.0 Å². The van der Waals surface area contributed by atoms with E-state index in [1.165, 1.54) is 4.90 Å². The molecule has 2 N–H and O–H groups in total. The normalized spacial score (nSPS) is 14.3. The Kier molecular flexibility index (Phi) is 4.36. The summed E-state index contributed by atoms with van der Waals surface area (Å²) >= 11 is 0. The van der Waals surface area contributed by atoms with Crippen LogP contribution in [0.3, 0.4) is 0 Å². The largest absolute Gasteiger partial charge is 0.384 e. The van der Waals surface area contributed by atoms with Crippen molar-refractivity contribution in [2.45, 2.75) is 6.92 Å². The molecular formula is C15H14N2O4. The lowest BCUT2D eigenvalue weighted by atomic mass is 10.0. The number of rotatable bonds is 1. The number of nitrogens with zero attached hydrogens (tertiary/aromatic N) is 1. The van der Waals surface area contributed by atoms with Gasteiger partial charge in [0.1, 0.15) is 19.7 Å². The number of hydrogen-bond donors (Lipinski definition) is 2. The van der Waals surface area contributed by atoms with Gasteiger partial charge in [0, 0.05) is 11.1 Å². The number of nitrogens with one attached hydrogen (secondary N) is 1. The smallest absolute Gasteiger partial charge is 0.254 e. The summed E-state index contributed by atoms with van der Waals surface area (Å²) < 4.78 is 0. The molecule has 3 amide bonds. The van der Waals surface area contributed by atoms with Crippen LogP contribution in [0, 0.1) is 18.8 Å². The molecule has 1 heterocycles. The molecule has 0 aromatic heterocycles. The second-order valence-corrected chi connectivity index (χ2v) is 4.62. The van der Waals surface area contributed by atoms with E-state index in [1.54, 1.807) is 25.1 Å². The number of aliphatic hydroxyl groups is 1. The van der Waals surface area contributed by atoms with Gasteiger partial charge in [-0.05, 0) is 30.7 Å². The molecule has 1 fully saturated rings. The van der Waals surface area contributed by atoms with Crippen LogP contribution in [0.15, 0.2) is 18.2 Å². The van der Waals surface area contributed by atoms with Gasteiger partial charge in [-0.2, -0.15) is 0 Å². The molecule has 2 rings (SSSR count). The quantitative estimate of drug-likeness (QED) is 0.535. The van der Waals surface area contributed by atoms with Gasteiger partial charge in [-0.25, -0.2) is 0 Å². The van der Waals surface area contributed by atoms with Crippen LogP contribution in [0.25, 0.3) is 0 Å². The van der Waals surface area contributed by atoms with Gasteiger partial charge in [0.05, 0.1) is 0 Å². The molecule has 1 saturated heterocycles. The third-order valence-corrected chi connectivity index (χ3v) is 3.01. The lowest BCUT2D eigenvalue weighted by Crippen LogP contribution is -2.53. The van der Waals surface area contributed by atoms with E-state index < -0.39 is 11.8 Å². The minimum Gasteiger partial charge on any atom is -0.384 e. The minimum atomic E-state index is -0.484. The van der Waals surface area contributed by atoms with Gasteiger partial charge in [-0.1, -0.05) is 11.8 Å². The van der Waals surface area contributed by atoms with Crippen molar-refractivity contribution >= 4 is 17.7 Å². The van der Waals surface area contributed by atoms with Gasteiger partial charge >= 0.3 is 0 Å². The summed E-state index contributed by atoms with van der Waals surface area (Å²) in [6, 6.07) is 4.92. The van der Waals surface area contributed by atoms with Crippen LogP contribution in [0.4, 0.5) is 0 Å². The number of imide groups is 1. The van der Waals surface area contributed by atoms with Gasteiger partial charge in [0.25, 0.3) is 5.91 Å². The van der Waals surface area contributed by atoms with E-state index in [-0.39, 0.29) is 25.6 Å². The van der Waals surface area contributed by atoms with Gasteiger partial charge in [-0.15, -0.1) is 0 Å². The van der Waals surface area contributed by atoms with Crippen molar-refractivity contribution < 1.29 is 19.5 Å². The van der Waals surface area contributed by atoms with Crippen molar-refractivity contribution in [2.24, 2.45) is 0 Å². The predicted molar refractivity (Wildman–Crippen MR) is 74.2 cm³/mol. The lowest BCUT2D eigenvalue weighted by molar-refractivity contribution is -0.135. The molecule has 6 nitrogen and oxygen atoms in total. The zero-order valence-electron chi connectivity index (χ0n) is 11.5. The molecule has 0 saturated carbocycles. The summed E-state index contributed by atoms with van der Waals surface area (Å²) in [7, 11) is 0. The number of aryl methyl sites for hydroxylation is 1. The van der Waals surface area contributed by atoms with E-state index >= 15 is 0 Å². The summed E-state index contributed by atoms with van der Waals surface area (Å²) in [6.45, 7) is 1.31. The Morgan fingerprint density at radius 2 is 2.00 bits per heavy atom. The number of piperazine rings is 1. The van der Waals surface area contributed by atoms with Crippen LogP contribution >= 0.6 is 0 Å². The second kappa shape index (κ2) is 6.20. The molecule has 0 radical (unpaired) electrons. The molecule has 0 bridgehead atoms. The molecule has 108 valence electrons. The highest BCUT2D eigenvalue weighted by Gasteiger charge is 2.27. The first-order valence-electron chi connectivity index (χ1n) is 6.33.